The minimum absolute atomic E-state index is 0.153. The molecule has 28 heavy (non-hydrogen) atoms. The van der Waals surface area contributed by atoms with Crippen LogP contribution in [0.5, 0.6) is 23.0 Å². The van der Waals surface area contributed by atoms with Gasteiger partial charge in [-0.25, -0.2) is 13.1 Å². The summed E-state index contributed by atoms with van der Waals surface area (Å²) in [4.78, 5) is 0.172. The summed E-state index contributed by atoms with van der Waals surface area (Å²) in [7, 11) is -3.65. The first kappa shape index (κ1) is 18.3. The van der Waals surface area contributed by atoms with Gasteiger partial charge in [-0.1, -0.05) is 24.3 Å². The average molecular weight is 397 g/mol. The molecule has 0 aromatic heterocycles. The molecule has 0 aliphatic carbocycles. The second-order valence-electron chi connectivity index (χ2n) is 6.35. The van der Waals surface area contributed by atoms with Crippen molar-refractivity contribution in [3.63, 3.8) is 0 Å². The van der Waals surface area contributed by atoms with E-state index in [0.29, 0.717) is 17.2 Å². The van der Waals surface area contributed by atoms with Crippen molar-refractivity contribution in [1.82, 2.24) is 4.72 Å². The van der Waals surface area contributed by atoms with E-state index in [1.807, 2.05) is 31.2 Å². The lowest BCUT2D eigenvalue weighted by molar-refractivity contribution is 0.174. The number of sulfonamides is 1. The van der Waals surface area contributed by atoms with E-state index in [1.165, 1.54) is 12.1 Å². The first-order valence-corrected chi connectivity index (χ1v) is 10.2. The molecule has 1 aliphatic rings. The molecule has 1 heterocycles. The van der Waals surface area contributed by atoms with Gasteiger partial charge in [0, 0.05) is 6.54 Å². The summed E-state index contributed by atoms with van der Waals surface area (Å²) >= 11 is 0. The Hall–Kier alpha value is -3.03. The van der Waals surface area contributed by atoms with Crippen molar-refractivity contribution in [1.29, 1.82) is 0 Å². The Morgan fingerprint density at radius 2 is 1.71 bits per heavy atom. The van der Waals surface area contributed by atoms with Crippen molar-refractivity contribution in [2.75, 3.05) is 6.79 Å². The van der Waals surface area contributed by atoms with Crippen LogP contribution in [0.3, 0.4) is 0 Å². The molecule has 0 saturated heterocycles. The van der Waals surface area contributed by atoms with Gasteiger partial charge in [0.05, 0.1) is 4.90 Å². The van der Waals surface area contributed by atoms with E-state index in [2.05, 4.69) is 4.72 Å². The lowest BCUT2D eigenvalue weighted by Crippen LogP contribution is -2.23. The molecule has 4 rings (SSSR count). The van der Waals surface area contributed by atoms with Gasteiger partial charge in [0.25, 0.3) is 0 Å². The molecular formula is C21H19NO5S. The van der Waals surface area contributed by atoms with Gasteiger partial charge in [-0.15, -0.1) is 0 Å². The first-order chi connectivity index (χ1) is 13.5. The number of ether oxygens (including phenoxy) is 3. The van der Waals surface area contributed by atoms with Crippen LogP contribution in [0.25, 0.3) is 0 Å². The second-order valence-corrected chi connectivity index (χ2v) is 8.12. The molecule has 1 aliphatic heterocycles. The number of rotatable bonds is 6. The molecule has 3 aromatic rings. The van der Waals surface area contributed by atoms with Crippen LogP contribution in [0.4, 0.5) is 0 Å². The Balaban J connectivity index is 1.43. The van der Waals surface area contributed by atoms with Crippen molar-refractivity contribution in [3.05, 3.63) is 77.9 Å². The third-order valence-electron chi connectivity index (χ3n) is 4.36. The smallest absolute Gasteiger partial charge is 0.240 e. The van der Waals surface area contributed by atoms with E-state index >= 15 is 0 Å². The molecule has 1 N–H and O–H groups in total. The zero-order valence-electron chi connectivity index (χ0n) is 15.2. The molecule has 0 amide bonds. The quantitative estimate of drug-likeness (QED) is 0.681. The van der Waals surface area contributed by atoms with Crippen LogP contribution in [-0.4, -0.2) is 15.2 Å². The van der Waals surface area contributed by atoms with Gasteiger partial charge in [-0.3, -0.25) is 0 Å². The Bertz CT molecular complexity index is 1090. The largest absolute Gasteiger partial charge is 0.457 e. The Kier molecular flexibility index (Phi) is 4.93. The summed E-state index contributed by atoms with van der Waals surface area (Å²) in [6.45, 7) is 2.29. The maximum atomic E-state index is 12.6. The second kappa shape index (κ2) is 7.53. The van der Waals surface area contributed by atoms with Crippen LogP contribution >= 0.6 is 0 Å². The Morgan fingerprint density at radius 3 is 2.50 bits per heavy atom. The van der Waals surface area contributed by atoms with Gasteiger partial charge >= 0.3 is 0 Å². The zero-order chi connectivity index (χ0) is 19.6. The minimum Gasteiger partial charge on any atom is -0.457 e. The molecule has 6 nitrogen and oxygen atoms in total. The predicted molar refractivity (Wildman–Crippen MR) is 104 cm³/mol. The fraction of sp³-hybridized carbons (Fsp3) is 0.143. The van der Waals surface area contributed by atoms with Crippen LogP contribution in [-0.2, 0) is 16.6 Å². The number of fused-ring (bicyclic) bond motifs is 1. The molecule has 0 radical (unpaired) electrons. The fourth-order valence-corrected chi connectivity index (χ4v) is 3.82. The molecule has 0 saturated carbocycles. The summed E-state index contributed by atoms with van der Waals surface area (Å²) < 4.78 is 44.1. The number of aryl methyl sites for hydroxylation is 1. The summed E-state index contributed by atoms with van der Waals surface area (Å²) in [6, 6.07) is 19.3. The summed E-state index contributed by atoms with van der Waals surface area (Å²) in [6.07, 6.45) is 0. The van der Waals surface area contributed by atoms with E-state index in [9.17, 15) is 8.42 Å². The van der Waals surface area contributed by atoms with E-state index < -0.39 is 10.0 Å². The lowest BCUT2D eigenvalue weighted by Gasteiger charge is -2.10. The normalized spacial score (nSPS) is 12.8. The molecular weight excluding hydrogens is 378 g/mol. The van der Waals surface area contributed by atoms with Gasteiger partial charge in [-0.05, 0) is 60.5 Å². The van der Waals surface area contributed by atoms with Gasteiger partial charge in [0.15, 0.2) is 11.5 Å². The SMILES string of the molecule is Cc1ccccc1Oc1ccc(S(=O)(=O)NCc2ccc3c(c2)OCO3)cc1. The minimum atomic E-state index is -3.65. The van der Waals surface area contributed by atoms with Gasteiger partial charge in [0.1, 0.15) is 11.5 Å². The molecule has 3 aromatic carbocycles. The van der Waals surface area contributed by atoms with Crippen LogP contribution in [0.1, 0.15) is 11.1 Å². The van der Waals surface area contributed by atoms with Crippen molar-refractivity contribution >= 4 is 10.0 Å². The molecule has 0 spiro atoms. The van der Waals surface area contributed by atoms with E-state index in [4.69, 9.17) is 14.2 Å². The third kappa shape index (κ3) is 3.95. The highest BCUT2D eigenvalue weighted by atomic mass is 32.2. The zero-order valence-corrected chi connectivity index (χ0v) is 16.0. The molecule has 0 atom stereocenters. The highest BCUT2D eigenvalue weighted by Crippen LogP contribution is 2.32. The monoisotopic (exact) mass is 397 g/mol. The van der Waals surface area contributed by atoms with Crippen molar-refractivity contribution in [3.8, 4) is 23.0 Å². The average Bonchev–Trinajstić information content (AvgIpc) is 3.17. The fourth-order valence-electron chi connectivity index (χ4n) is 2.80. The number of hydrogen-bond acceptors (Lipinski definition) is 5. The highest BCUT2D eigenvalue weighted by molar-refractivity contribution is 7.89. The van der Waals surface area contributed by atoms with Crippen LogP contribution in [0, 0.1) is 6.92 Å². The van der Waals surface area contributed by atoms with Crippen LogP contribution in [0.15, 0.2) is 71.6 Å². The maximum absolute atomic E-state index is 12.6. The number of benzene rings is 3. The molecule has 7 heteroatoms. The van der Waals surface area contributed by atoms with Crippen molar-refractivity contribution in [2.45, 2.75) is 18.4 Å². The van der Waals surface area contributed by atoms with Crippen LogP contribution in [0.2, 0.25) is 0 Å². The number of hydrogen-bond donors (Lipinski definition) is 1. The molecule has 0 fully saturated rings. The van der Waals surface area contributed by atoms with Gasteiger partial charge in [-0.2, -0.15) is 0 Å². The van der Waals surface area contributed by atoms with Gasteiger partial charge < -0.3 is 14.2 Å². The standard InChI is InChI=1S/C21H19NO5S/c1-15-4-2-3-5-19(15)27-17-7-9-18(10-8-17)28(23,24)22-13-16-6-11-20-21(12-16)26-14-25-20/h2-12,22H,13-14H2,1H3. The first-order valence-electron chi connectivity index (χ1n) is 8.73. The summed E-state index contributed by atoms with van der Waals surface area (Å²) in [5, 5.41) is 0. The topological polar surface area (TPSA) is 73.9 Å². The van der Waals surface area contributed by atoms with E-state index in [1.54, 1.807) is 30.3 Å². The van der Waals surface area contributed by atoms with Crippen molar-refractivity contribution in [2.24, 2.45) is 0 Å². The third-order valence-corrected chi connectivity index (χ3v) is 5.78. The Morgan fingerprint density at radius 1 is 0.964 bits per heavy atom. The van der Waals surface area contributed by atoms with Gasteiger partial charge in [0.2, 0.25) is 16.8 Å². The Labute approximate surface area is 163 Å². The maximum Gasteiger partial charge on any atom is 0.240 e. The molecule has 0 bridgehead atoms. The van der Waals surface area contributed by atoms with E-state index in [0.717, 1.165) is 16.9 Å². The number of para-hydroxylation sites is 1. The van der Waals surface area contributed by atoms with Crippen LogP contribution < -0.4 is 18.9 Å². The summed E-state index contributed by atoms with van der Waals surface area (Å²) in [5.74, 6) is 2.59. The predicted octanol–water partition coefficient (Wildman–Crippen LogP) is 3.99. The summed E-state index contributed by atoms with van der Waals surface area (Å²) in [5.41, 5.74) is 1.79. The molecule has 144 valence electrons. The van der Waals surface area contributed by atoms with E-state index in [-0.39, 0.29) is 18.2 Å². The number of nitrogens with one attached hydrogen (secondary N) is 1. The van der Waals surface area contributed by atoms with Crippen molar-refractivity contribution < 1.29 is 22.6 Å². The highest BCUT2D eigenvalue weighted by Gasteiger charge is 2.16. The lowest BCUT2D eigenvalue weighted by atomic mass is 10.2. The molecule has 0 unspecified atom stereocenters.